The Balaban J connectivity index is 2.98. The fourth-order valence-electron chi connectivity index (χ4n) is 0.383. The van der Waals surface area contributed by atoms with E-state index in [4.69, 9.17) is 5.11 Å². The van der Waals surface area contributed by atoms with Gasteiger partial charge in [-0.2, -0.15) is 0 Å². The first kappa shape index (κ1) is 5.74. The topological polar surface area (TPSA) is 76.2 Å². The van der Waals surface area contributed by atoms with Crippen molar-refractivity contribution in [3.8, 4) is 0 Å². The van der Waals surface area contributed by atoms with Gasteiger partial charge in [-0.3, -0.25) is 0 Å². The monoisotopic (exact) mass is 128 g/mol. The smallest absolute Gasteiger partial charge is 0.393 e. The summed E-state index contributed by atoms with van der Waals surface area (Å²) in [5, 5.41) is 14.7. The lowest BCUT2D eigenvalue weighted by atomic mass is 10.7. The molecule has 1 rings (SSSR count). The summed E-state index contributed by atoms with van der Waals surface area (Å²) >= 11 is 0. The molecule has 5 heteroatoms. The van der Waals surface area contributed by atoms with Gasteiger partial charge in [0, 0.05) is 6.92 Å². The van der Waals surface area contributed by atoms with Gasteiger partial charge in [-0.15, -0.1) is 10.2 Å². The zero-order valence-corrected chi connectivity index (χ0v) is 4.66. The largest absolute Gasteiger partial charge is 0.474 e. The van der Waals surface area contributed by atoms with Gasteiger partial charge in [0.05, 0.1) is 0 Å². The van der Waals surface area contributed by atoms with E-state index in [1.807, 2.05) is 0 Å². The molecular formula is C4H4N2O3. The van der Waals surface area contributed by atoms with Crippen LogP contribution in [0.25, 0.3) is 0 Å². The van der Waals surface area contributed by atoms with Gasteiger partial charge in [0.15, 0.2) is 0 Å². The summed E-state index contributed by atoms with van der Waals surface area (Å²) < 4.78 is 4.52. The lowest BCUT2D eigenvalue weighted by Gasteiger charge is -1.77. The third kappa shape index (κ3) is 1.04. The molecule has 5 nitrogen and oxygen atoms in total. The summed E-state index contributed by atoms with van der Waals surface area (Å²) in [6.07, 6.45) is 0. The highest BCUT2D eigenvalue weighted by Gasteiger charge is 2.09. The first-order valence-corrected chi connectivity index (χ1v) is 2.23. The number of hydrogen-bond donors (Lipinski definition) is 1. The molecule has 0 saturated heterocycles. The molecule has 0 radical (unpaired) electrons. The summed E-state index contributed by atoms with van der Waals surface area (Å²) in [5.74, 6) is -1.31. The number of aromatic nitrogens is 2. The number of carboxylic acids is 1. The lowest BCUT2D eigenvalue weighted by Crippen LogP contribution is -1.95. The zero-order chi connectivity index (χ0) is 6.85. The van der Waals surface area contributed by atoms with Crippen LogP contribution in [0.15, 0.2) is 4.42 Å². The first-order valence-electron chi connectivity index (χ1n) is 2.23. The molecule has 0 fully saturated rings. The Morgan fingerprint density at radius 1 is 1.67 bits per heavy atom. The van der Waals surface area contributed by atoms with Crippen molar-refractivity contribution in [1.29, 1.82) is 0 Å². The van der Waals surface area contributed by atoms with Crippen molar-refractivity contribution in [2.45, 2.75) is 6.92 Å². The van der Waals surface area contributed by atoms with E-state index in [2.05, 4.69) is 14.6 Å². The Labute approximate surface area is 50.3 Å². The number of aryl methyl sites for hydroxylation is 1. The van der Waals surface area contributed by atoms with Gasteiger partial charge >= 0.3 is 11.9 Å². The molecule has 0 bridgehead atoms. The number of rotatable bonds is 1. The highest BCUT2D eigenvalue weighted by atomic mass is 16.4. The van der Waals surface area contributed by atoms with Crippen molar-refractivity contribution in [2.75, 3.05) is 0 Å². The number of carbonyl (C=O) groups is 1. The molecule has 0 aliphatic carbocycles. The van der Waals surface area contributed by atoms with Crippen molar-refractivity contribution in [3.63, 3.8) is 0 Å². The normalized spacial score (nSPS) is 9.44. The third-order valence-corrected chi connectivity index (χ3v) is 0.709. The maximum absolute atomic E-state index is 10.0. The molecule has 48 valence electrons. The Morgan fingerprint density at radius 2 is 2.33 bits per heavy atom. The molecule has 0 unspecified atom stereocenters. The predicted octanol–water partition coefficient (Wildman–Crippen LogP) is 0.0762. The number of carboxylic acid groups (broad SMARTS) is 1. The van der Waals surface area contributed by atoms with Gasteiger partial charge < -0.3 is 9.52 Å². The van der Waals surface area contributed by atoms with E-state index in [1.54, 1.807) is 0 Å². The molecule has 0 atom stereocenters. The number of aromatic carboxylic acids is 1. The van der Waals surface area contributed by atoms with Crippen LogP contribution >= 0.6 is 0 Å². The Hall–Kier alpha value is -1.39. The summed E-state index contributed by atoms with van der Waals surface area (Å²) in [5.41, 5.74) is 0. The summed E-state index contributed by atoms with van der Waals surface area (Å²) in [7, 11) is 0. The van der Waals surface area contributed by atoms with Gasteiger partial charge in [0.1, 0.15) is 0 Å². The fraction of sp³-hybridized carbons (Fsp3) is 0.250. The maximum Gasteiger partial charge on any atom is 0.393 e. The minimum Gasteiger partial charge on any atom is -0.474 e. The predicted molar refractivity (Wildman–Crippen MR) is 26.0 cm³/mol. The lowest BCUT2D eigenvalue weighted by molar-refractivity contribution is 0.0652. The Kier molecular flexibility index (Phi) is 1.18. The van der Waals surface area contributed by atoms with E-state index >= 15 is 0 Å². The van der Waals surface area contributed by atoms with Crippen LogP contribution in [0, 0.1) is 6.92 Å². The van der Waals surface area contributed by atoms with Crippen molar-refractivity contribution >= 4 is 5.97 Å². The first-order chi connectivity index (χ1) is 4.20. The molecule has 0 saturated carbocycles. The van der Waals surface area contributed by atoms with Gasteiger partial charge in [-0.1, -0.05) is 0 Å². The zero-order valence-electron chi connectivity index (χ0n) is 4.66. The molecule has 9 heavy (non-hydrogen) atoms. The third-order valence-electron chi connectivity index (χ3n) is 0.709. The van der Waals surface area contributed by atoms with Crippen molar-refractivity contribution in [2.24, 2.45) is 0 Å². The van der Waals surface area contributed by atoms with Crippen molar-refractivity contribution in [1.82, 2.24) is 10.2 Å². The SMILES string of the molecule is Cc1nnc(C(=O)O)o1. The quantitative estimate of drug-likeness (QED) is 0.579. The molecule has 0 aliphatic heterocycles. The molecule has 1 aromatic rings. The van der Waals surface area contributed by atoms with E-state index in [-0.39, 0.29) is 11.8 Å². The van der Waals surface area contributed by atoms with E-state index < -0.39 is 5.97 Å². The van der Waals surface area contributed by atoms with Crippen molar-refractivity contribution in [3.05, 3.63) is 11.8 Å². The molecule has 1 heterocycles. The van der Waals surface area contributed by atoms with Crippen molar-refractivity contribution < 1.29 is 14.3 Å². The van der Waals surface area contributed by atoms with Gasteiger partial charge in [-0.25, -0.2) is 4.79 Å². The van der Waals surface area contributed by atoms with Crippen LogP contribution in [-0.2, 0) is 0 Å². The van der Waals surface area contributed by atoms with Crippen LogP contribution in [0.4, 0.5) is 0 Å². The Bertz CT molecular complexity index is 229. The molecular weight excluding hydrogens is 124 g/mol. The summed E-state index contributed by atoms with van der Waals surface area (Å²) in [4.78, 5) is 10.0. The molecule has 0 aromatic carbocycles. The molecule has 0 amide bonds. The van der Waals surface area contributed by atoms with E-state index in [1.165, 1.54) is 6.92 Å². The van der Waals surface area contributed by atoms with E-state index in [0.29, 0.717) is 0 Å². The second kappa shape index (κ2) is 1.85. The number of nitrogens with zero attached hydrogens (tertiary/aromatic N) is 2. The Morgan fingerprint density at radius 3 is 2.56 bits per heavy atom. The molecule has 0 aliphatic rings. The van der Waals surface area contributed by atoms with Gasteiger partial charge in [-0.05, 0) is 0 Å². The second-order valence-electron chi connectivity index (χ2n) is 1.43. The second-order valence-corrected chi connectivity index (χ2v) is 1.43. The van der Waals surface area contributed by atoms with E-state index in [0.717, 1.165) is 0 Å². The highest BCUT2D eigenvalue weighted by molar-refractivity contribution is 5.81. The number of hydrogen-bond acceptors (Lipinski definition) is 4. The minimum absolute atomic E-state index is 0.257. The van der Waals surface area contributed by atoms with Crippen LogP contribution in [-0.4, -0.2) is 21.3 Å². The highest BCUT2D eigenvalue weighted by Crippen LogP contribution is 1.95. The van der Waals surface area contributed by atoms with Crippen LogP contribution < -0.4 is 0 Å². The minimum atomic E-state index is -1.20. The maximum atomic E-state index is 10.0. The standard InChI is InChI=1S/C4H4N2O3/c1-2-5-6-3(9-2)4(7)8/h1H3,(H,7,8). The van der Waals surface area contributed by atoms with Crippen LogP contribution in [0.2, 0.25) is 0 Å². The average molecular weight is 128 g/mol. The van der Waals surface area contributed by atoms with Gasteiger partial charge in [0.2, 0.25) is 5.89 Å². The molecule has 0 spiro atoms. The fourth-order valence-corrected chi connectivity index (χ4v) is 0.383. The molecule has 1 N–H and O–H groups in total. The average Bonchev–Trinajstić information content (AvgIpc) is 2.14. The van der Waals surface area contributed by atoms with Crippen LogP contribution in [0.1, 0.15) is 16.6 Å². The molecule has 1 aromatic heterocycles. The van der Waals surface area contributed by atoms with Crippen LogP contribution in [0.5, 0.6) is 0 Å². The summed E-state index contributed by atoms with van der Waals surface area (Å²) in [6, 6.07) is 0. The van der Waals surface area contributed by atoms with E-state index in [9.17, 15) is 4.79 Å². The van der Waals surface area contributed by atoms with Gasteiger partial charge in [0.25, 0.3) is 0 Å². The summed E-state index contributed by atoms with van der Waals surface area (Å²) in [6.45, 7) is 1.53. The van der Waals surface area contributed by atoms with Crippen LogP contribution in [0.3, 0.4) is 0 Å².